The highest BCUT2D eigenvalue weighted by molar-refractivity contribution is 7.98. The number of fused-ring (bicyclic) bond motifs is 1. The van der Waals surface area contributed by atoms with E-state index in [1.807, 2.05) is 41.7 Å². The number of thiophene rings is 1. The van der Waals surface area contributed by atoms with Gasteiger partial charge in [-0.2, -0.15) is 0 Å². The summed E-state index contributed by atoms with van der Waals surface area (Å²) in [4.78, 5) is 5.64. The quantitative estimate of drug-likeness (QED) is 0.489. The summed E-state index contributed by atoms with van der Waals surface area (Å²) >= 11 is 3.55. The first kappa shape index (κ1) is 14.4. The summed E-state index contributed by atoms with van der Waals surface area (Å²) in [6, 6.07) is 20.5. The largest absolute Gasteiger partial charge is 0.255 e. The van der Waals surface area contributed by atoms with Crippen molar-refractivity contribution >= 4 is 33.2 Å². The van der Waals surface area contributed by atoms with Crippen molar-refractivity contribution in [2.45, 2.75) is 10.8 Å². The van der Waals surface area contributed by atoms with Gasteiger partial charge in [-0.25, -0.2) is 0 Å². The normalized spacial score (nSPS) is 11.0. The highest BCUT2D eigenvalue weighted by atomic mass is 32.2. The van der Waals surface area contributed by atoms with E-state index >= 15 is 0 Å². The summed E-state index contributed by atoms with van der Waals surface area (Å²) in [7, 11) is 0. The number of aromatic nitrogens is 3. The summed E-state index contributed by atoms with van der Waals surface area (Å²) in [5, 5.41) is 10.8. The van der Waals surface area contributed by atoms with Gasteiger partial charge >= 0.3 is 0 Å². The van der Waals surface area contributed by atoms with Gasteiger partial charge in [0.25, 0.3) is 0 Å². The molecule has 0 fully saturated rings. The minimum absolute atomic E-state index is 0.803. The predicted molar refractivity (Wildman–Crippen MR) is 96.6 cm³/mol. The Balaban J connectivity index is 1.47. The smallest absolute Gasteiger partial charge is 0.119 e. The van der Waals surface area contributed by atoms with Crippen LogP contribution in [-0.2, 0) is 5.75 Å². The third kappa shape index (κ3) is 3.25. The molecule has 112 valence electrons. The maximum atomic E-state index is 4.30. The lowest BCUT2D eigenvalue weighted by Crippen LogP contribution is -1.91. The average Bonchev–Trinajstić information content (AvgIpc) is 3.04. The molecule has 0 bridgehead atoms. The number of rotatable bonds is 4. The SMILES string of the molecule is c1ccc(-c2ccc(SCc3cc4ccccc4s3)nn2)nc1. The Bertz CT molecular complexity index is 885. The highest BCUT2D eigenvalue weighted by Crippen LogP contribution is 2.30. The summed E-state index contributed by atoms with van der Waals surface area (Å²) in [6.45, 7) is 0. The van der Waals surface area contributed by atoms with Gasteiger partial charge in [-0.3, -0.25) is 4.98 Å². The number of hydrogen-bond donors (Lipinski definition) is 0. The van der Waals surface area contributed by atoms with Crippen molar-refractivity contribution in [2.24, 2.45) is 0 Å². The highest BCUT2D eigenvalue weighted by Gasteiger charge is 2.05. The molecule has 0 spiro atoms. The summed E-state index contributed by atoms with van der Waals surface area (Å²) in [6.07, 6.45) is 1.77. The van der Waals surface area contributed by atoms with Crippen LogP contribution in [0.15, 0.2) is 71.9 Å². The fourth-order valence-electron chi connectivity index (χ4n) is 2.30. The van der Waals surface area contributed by atoms with Crippen LogP contribution in [0, 0.1) is 0 Å². The van der Waals surface area contributed by atoms with E-state index in [0.29, 0.717) is 0 Å². The zero-order chi connectivity index (χ0) is 15.5. The second-order valence-corrected chi connectivity index (χ2v) is 7.17. The molecule has 0 amide bonds. The standard InChI is InChI=1S/C18H13N3S2/c1-2-7-17-13(5-1)11-14(23-17)12-22-18-9-8-16(20-21-18)15-6-3-4-10-19-15/h1-11H,12H2. The van der Waals surface area contributed by atoms with Crippen LogP contribution in [0.4, 0.5) is 0 Å². The van der Waals surface area contributed by atoms with E-state index in [-0.39, 0.29) is 0 Å². The third-order valence-corrected chi connectivity index (χ3v) is 5.67. The van der Waals surface area contributed by atoms with Gasteiger partial charge in [0, 0.05) is 21.5 Å². The topological polar surface area (TPSA) is 38.7 Å². The van der Waals surface area contributed by atoms with Crippen LogP contribution in [0.5, 0.6) is 0 Å². The molecule has 3 aromatic heterocycles. The molecule has 23 heavy (non-hydrogen) atoms. The van der Waals surface area contributed by atoms with Crippen LogP contribution >= 0.6 is 23.1 Å². The molecule has 3 heterocycles. The molecular weight excluding hydrogens is 322 g/mol. The molecule has 4 aromatic rings. The van der Waals surface area contributed by atoms with E-state index in [2.05, 4.69) is 45.5 Å². The van der Waals surface area contributed by atoms with Crippen LogP contribution in [0.3, 0.4) is 0 Å². The molecule has 0 atom stereocenters. The van der Waals surface area contributed by atoms with Crippen LogP contribution < -0.4 is 0 Å². The molecule has 0 aliphatic rings. The van der Waals surface area contributed by atoms with Crippen LogP contribution in [0.25, 0.3) is 21.5 Å². The molecule has 0 N–H and O–H groups in total. The molecule has 0 aliphatic heterocycles. The Morgan fingerprint density at radius 1 is 0.870 bits per heavy atom. The lowest BCUT2D eigenvalue weighted by molar-refractivity contribution is 0.931. The van der Waals surface area contributed by atoms with Gasteiger partial charge in [0.15, 0.2) is 0 Å². The Labute approximate surface area is 142 Å². The number of benzene rings is 1. The summed E-state index contributed by atoms with van der Waals surface area (Å²) in [5.74, 6) is 0.914. The Morgan fingerprint density at radius 2 is 1.78 bits per heavy atom. The molecule has 3 nitrogen and oxygen atoms in total. The zero-order valence-electron chi connectivity index (χ0n) is 12.2. The van der Waals surface area contributed by atoms with Gasteiger partial charge in [0.1, 0.15) is 10.7 Å². The van der Waals surface area contributed by atoms with Gasteiger partial charge < -0.3 is 0 Å². The van der Waals surface area contributed by atoms with Crippen LogP contribution in [0.2, 0.25) is 0 Å². The first-order valence-corrected chi connectivity index (χ1v) is 9.04. The monoisotopic (exact) mass is 335 g/mol. The van der Waals surface area contributed by atoms with E-state index in [0.717, 1.165) is 22.2 Å². The average molecular weight is 335 g/mol. The number of hydrogen-bond acceptors (Lipinski definition) is 5. The fourth-order valence-corrected chi connectivity index (χ4v) is 4.21. The van der Waals surface area contributed by atoms with Crippen molar-refractivity contribution in [2.75, 3.05) is 0 Å². The molecule has 0 radical (unpaired) electrons. The van der Waals surface area contributed by atoms with Crippen molar-refractivity contribution in [3.8, 4) is 11.4 Å². The molecule has 0 unspecified atom stereocenters. The third-order valence-electron chi connectivity index (χ3n) is 3.41. The van der Waals surface area contributed by atoms with E-state index in [9.17, 15) is 0 Å². The van der Waals surface area contributed by atoms with Gasteiger partial charge in [-0.05, 0) is 41.8 Å². The second-order valence-electron chi connectivity index (χ2n) is 5.01. The Morgan fingerprint density at radius 3 is 2.57 bits per heavy atom. The maximum absolute atomic E-state index is 4.30. The van der Waals surface area contributed by atoms with Crippen molar-refractivity contribution in [1.82, 2.24) is 15.2 Å². The van der Waals surface area contributed by atoms with Crippen molar-refractivity contribution in [1.29, 1.82) is 0 Å². The maximum Gasteiger partial charge on any atom is 0.119 e. The molecular formula is C18H13N3S2. The van der Waals surface area contributed by atoms with Gasteiger partial charge in [-0.1, -0.05) is 36.0 Å². The van der Waals surface area contributed by atoms with E-state index in [1.165, 1.54) is 15.0 Å². The number of nitrogens with zero attached hydrogens (tertiary/aromatic N) is 3. The fraction of sp³-hybridized carbons (Fsp3) is 0.0556. The van der Waals surface area contributed by atoms with Gasteiger partial charge in [0.05, 0.1) is 5.69 Å². The first-order valence-electron chi connectivity index (χ1n) is 7.24. The second kappa shape index (κ2) is 6.48. The van der Waals surface area contributed by atoms with Crippen LogP contribution in [0.1, 0.15) is 4.88 Å². The predicted octanol–water partition coefficient (Wildman–Crippen LogP) is 5.05. The molecule has 4 rings (SSSR count). The minimum atomic E-state index is 0.803. The van der Waals surface area contributed by atoms with Crippen LogP contribution in [-0.4, -0.2) is 15.2 Å². The van der Waals surface area contributed by atoms with Crippen molar-refractivity contribution in [3.05, 3.63) is 71.7 Å². The van der Waals surface area contributed by atoms with Crippen molar-refractivity contribution < 1.29 is 0 Å². The van der Waals surface area contributed by atoms with Gasteiger partial charge in [0.2, 0.25) is 0 Å². The van der Waals surface area contributed by atoms with Gasteiger partial charge in [-0.15, -0.1) is 21.5 Å². The molecule has 1 aromatic carbocycles. The lowest BCUT2D eigenvalue weighted by Gasteiger charge is -2.01. The minimum Gasteiger partial charge on any atom is -0.255 e. The zero-order valence-corrected chi connectivity index (χ0v) is 13.8. The lowest BCUT2D eigenvalue weighted by atomic mass is 10.2. The summed E-state index contributed by atoms with van der Waals surface area (Å²) < 4.78 is 1.33. The van der Waals surface area contributed by atoms with E-state index in [1.54, 1.807) is 18.0 Å². The van der Waals surface area contributed by atoms with E-state index in [4.69, 9.17) is 0 Å². The van der Waals surface area contributed by atoms with E-state index < -0.39 is 0 Å². The Hall–Kier alpha value is -2.24. The molecule has 0 aliphatic carbocycles. The van der Waals surface area contributed by atoms with Crippen molar-refractivity contribution in [3.63, 3.8) is 0 Å². The summed E-state index contributed by atoms with van der Waals surface area (Å²) in [5.41, 5.74) is 1.65. The molecule has 0 saturated carbocycles. The first-order chi connectivity index (χ1) is 11.4. The Kier molecular flexibility index (Phi) is 4.05. The molecule has 0 saturated heterocycles. The number of thioether (sulfide) groups is 1. The number of pyridine rings is 1. The molecule has 5 heteroatoms.